The van der Waals surface area contributed by atoms with E-state index in [1.807, 2.05) is 12.1 Å². The topological polar surface area (TPSA) is 35.5 Å². The van der Waals surface area contributed by atoms with Crippen LogP contribution in [-0.4, -0.2) is 30.8 Å². The highest BCUT2D eigenvalue weighted by atomic mass is 35.5. The van der Waals surface area contributed by atoms with Crippen molar-refractivity contribution in [3.63, 3.8) is 0 Å². The maximum Gasteiger partial charge on any atom is 0.0447 e. The van der Waals surface area contributed by atoms with Gasteiger partial charge < -0.3 is 15.3 Å². The zero-order valence-corrected chi connectivity index (χ0v) is 13.6. The van der Waals surface area contributed by atoms with Crippen molar-refractivity contribution < 1.29 is 5.11 Å². The van der Waals surface area contributed by atoms with Crippen LogP contribution in [0.25, 0.3) is 0 Å². The third-order valence-electron chi connectivity index (χ3n) is 3.28. The Kier molecular flexibility index (Phi) is 7.97. The van der Waals surface area contributed by atoms with E-state index in [0.29, 0.717) is 6.04 Å². The molecule has 0 spiro atoms. The van der Waals surface area contributed by atoms with Crippen molar-refractivity contribution in [1.82, 2.24) is 5.32 Å². The SMILES string of the molecule is CCCNCc1ccc(Cl)cc1N(CCCO)C(C)C. The van der Waals surface area contributed by atoms with Gasteiger partial charge in [-0.25, -0.2) is 0 Å². The minimum atomic E-state index is 0.215. The van der Waals surface area contributed by atoms with Crippen LogP contribution in [0, 0.1) is 0 Å². The minimum Gasteiger partial charge on any atom is -0.396 e. The molecule has 3 nitrogen and oxygen atoms in total. The predicted molar refractivity (Wildman–Crippen MR) is 87.6 cm³/mol. The minimum absolute atomic E-state index is 0.215. The van der Waals surface area contributed by atoms with E-state index in [1.165, 1.54) is 11.3 Å². The van der Waals surface area contributed by atoms with Crippen LogP contribution in [0.2, 0.25) is 5.02 Å². The van der Waals surface area contributed by atoms with Crippen LogP contribution in [0.3, 0.4) is 0 Å². The molecule has 114 valence electrons. The van der Waals surface area contributed by atoms with Gasteiger partial charge in [0, 0.05) is 36.4 Å². The first-order chi connectivity index (χ1) is 9.60. The summed E-state index contributed by atoms with van der Waals surface area (Å²) in [5.74, 6) is 0. The molecule has 2 N–H and O–H groups in total. The lowest BCUT2D eigenvalue weighted by atomic mass is 10.1. The van der Waals surface area contributed by atoms with Gasteiger partial charge in [-0.1, -0.05) is 24.6 Å². The molecule has 4 heteroatoms. The van der Waals surface area contributed by atoms with E-state index in [-0.39, 0.29) is 6.61 Å². The van der Waals surface area contributed by atoms with Crippen LogP contribution >= 0.6 is 11.6 Å². The van der Waals surface area contributed by atoms with Gasteiger partial charge in [0.1, 0.15) is 0 Å². The first-order valence-electron chi connectivity index (χ1n) is 7.46. The van der Waals surface area contributed by atoms with Crippen LogP contribution in [0.15, 0.2) is 18.2 Å². The van der Waals surface area contributed by atoms with Gasteiger partial charge in [-0.15, -0.1) is 0 Å². The average Bonchev–Trinajstić information content (AvgIpc) is 2.41. The highest BCUT2D eigenvalue weighted by Crippen LogP contribution is 2.27. The van der Waals surface area contributed by atoms with Gasteiger partial charge in [-0.05, 0) is 50.9 Å². The van der Waals surface area contributed by atoms with Crippen molar-refractivity contribution in [2.45, 2.75) is 46.2 Å². The summed E-state index contributed by atoms with van der Waals surface area (Å²) >= 11 is 6.16. The lowest BCUT2D eigenvalue weighted by Gasteiger charge is -2.31. The summed E-state index contributed by atoms with van der Waals surface area (Å²) in [6.45, 7) is 9.42. The summed E-state index contributed by atoms with van der Waals surface area (Å²) in [5, 5.41) is 13.3. The molecule has 0 fully saturated rings. The van der Waals surface area contributed by atoms with Gasteiger partial charge in [0.05, 0.1) is 0 Å². The fraction of sp³-hybridized carbons (Fsp3) is 0.625. The van der Waals surface area contributed by atoms with Crippen molar-refractivity contribution in [1.29, 1.82) is 0 Å². The number of nitrogens with zero attached hydrogens (tertiary/aromatic N) is 1. The van der Waals surface area contributed by atoms with Gasteiger partial charge >= 0.3 is 0 Å². The van der Waals surface area contributed by atoms with E-state index >= 15 is 0 Å². The van der Waals surface area contributed by atoms with Gasteiger partial charge in [-0.3, -0.25) is 0 Å². The van der Waals surface area contributed by atoms with Crippen LogP contribution < -0.4 is 10.2 Å². The molecular formula is C16H27ClN2O. The Morgan fingerprint density at radius 2 is 2.10 bits per heavy atom. The quantitative estimate of drug-likeness (QED) is 0.686. The molecule has 0 atom stereocenters. The Hall–Kier alpha value is -0.770. The second kappa shape index (κ2) is 9.22. The molecule has 0 aromatic heterocycles. The normalized spacial score (nSPS) is 11.1. The third-order valence-corrected chi connectivity index (χ3v) is 3.51. The van der Waals surface area contributed by atoms with Gasteiger partial charge in [0.15, 0.2) is 0 Å². The van der Waals surface area contributed by atoms with Crippen LogP contribution in [0.5, 0.6) is 0 Å². The maximum atomic E-state index is 9.08. The van der Waals surface area contributed by atoms with E-state index < -0.39 is 0 Å². The van der Waals surface area contributed by atoms with Crippen LogP contribution in [0.1, 0.15) is 39.2 Å². The molecule has 0 aliphatic heterocycles. The standard InChI is InChI=1S/C16H27ClN2O/c1-4-8-18-12-14-6-7-15(17)11-16(14)19(13(2)3)9-5-10-20/h6-7,11,13,18,20H,4-5,8-10,12H2,1-3H3. The molecule has 20 heavy (non-hydrogen) atoms. The summed E-state index contributed by atoms with van der Waals surface area (Å²) in [7, 11) is 0. The predicted octanol–water partition coefficient (Wildman–Crippen LogP) is 3.44. The fourth-order valence-electron chi connectivity index (χ4n) is 2.25. The number of halogens is 1. The molecule has 0 saturated carbocycles. The monoisotopic (exact) mass is 298 g/mol. The number of rotatable bonds is 9. The molecule has 1 aromatic rings. The molecule has 0 aliphatic rings. The highest BCUT2D eigenvalue weighted by Gasteiger charge is 2.14. The van der Waals surface area contributed by atoms with Gasteiger partial charge in [0.25, 0.3) is 0 Å². The number of anilines is 1. The Bertz CT molecular complexity index is 396. The van der Waals surface area contributed by atoms with E-state index in [9.17, 15) is 0 Å². The van der Waals surface area contributed by atoms with Crippen molar-refractivity contribution in [2.75, 3.05) is 24.6 Å². The molecule has 0 amide bonds. The molecule has 1 aromatic carbocycles. The average molecular weight is 299 g/mol. The smallest absolute Gasteiger partial charge is 0.0447 e. The lowest BCUT2D eigenvalue weighted by Crippen LogP contribution is -2.33. The molecule has 0 saturated heterocycles. The van der Waals surface area contributed by atoms with Crippen LogP contribution in [-0.2, 0) is 6.54 Å². The number of aliphatic hydroxyl groups excluding tert-OH is 1. The zero-order chi connectivity index (χ0) is 15.0. The van der Waals surface area contributed by atoms with E-state index in [0.717, 1.165) is 37.5 Å². The Morgan fingerprint density at radius 1 is 1.35 bits per heavy atom. The largest absolute Gasteiger partial charge is 0.396 e. The summed E-state index contributed by atoms with van der Waals surface area (Å²) in [6, 6.07) is 6.44. The Labute approximate surface area is 127 Å². The summed E-state index contributed by atoms with van der Waals surface area (Å²) in [4.78, 5) is 2.31. The Balaban J connectivity index is 2.94. The second-order valence-electron chi connectivity index (χ2n) is 5.31. The van der Waals surface area contributed by atoms with Gasteiger partial charge in [-0.2, -0.15) is 0 Å². The first-order valence-corrected chi connectivity index (χ1v) is 7.84. The first kappa shape index (κ1) is 17.3. The fourth-order valence-corrected chi connectivity index (χ4v) is 2.42. The summed E-state index contributed by atoms with van der Waals surface area (Å²) in [5.41, 5.74) is 2.43. The van der Waals surface area contributed by atoms with Gasteiger partial charge in [0.2, 0.25) is 0 Å². The zero-order valence-electron chi connectivity index (χ0n) is 12.8. The van der Waals surface area contributed by atoms with Crippen molar-refractivity contribution in [3.8, 4) is 0 Å². The summed E-state index contributed by atoms with van der Waals surface area (Å²) in [6.07, 6.45) is 1.90. The molecule has 0 heterocycles. The van der Waals surface area contributed by atoms with Crippen molar-refractivity contribution in [3.05, 3.63) is 28.8 Å². The number of benzene rings is 1. The van der Waals surface area contributed by atoms with Crippen LogP contribution in [0.4, 0.5) is 5.69 Å². The van der Waals surface area contributed by atoms with Crippen molar-refractivity contribution >= 4 is 17.3 Å². The number of aliphatic hydroxyl groups is 1. The second-order valence-corrected chi connectivity index (χ2v) is 5.75. The number of hydrogen-bond donors (Lipinski definition) is 2. The third kappa shape index (κ3) is 5.31. The maximum absolute atomic E-state index is 9.08. The molecule has 0 aliphatic carbocycles. The van der Waals surface area contributed by atoms with Crippen molar-refractivity contribution in [2.24, 2.45) is 0 Å². The molecule has 0 unspecified atom stereocenters. The Morgan fingerprint density at radius 3 is 2.70 bits per heavy atom. The molecule has 0 bridgehead atoms. The van der Waals surface area contributed by atoms with E-state index in [1.54, 1.807) is 0 Å². The molecular weight excluding hydrogens is 272 g/mol. The lowest BCUT2D eigenvalue weighted by molar-refractivity contribution is 0.288. The van der Waals surface area contributed by atoms with E-state index in [4.69, 9.17) is 16.7 Å². The highest BCUT2D eigenvalue weighted by molar-refractivity contribution is 6.30. The van der Waals surface area contributed by atoms with E-state index in [2.05, 4.69) is 37.1 Å². The number of nitrogens with one attached hydrogen (secondary N) is 1. The summed E-state index contributed by atoms with van der Waals surface area (Å²) < 4.78 is 0. The molecule has 0 radical (unpaired) electrons. The molecule has 1 rings (SSSR count). The number of hydrogen-bond acceptors (Lipinski definition) is 3.